The lowest BCUT2D eigenvalue weighted by molar-refractivity contribution is 0.482. The summed E-state index contributed by atoms with van der Waals surface area (Å²) in [5, 5.41) is 0. The van der Waals surface area contributed by atoms with E-state index in [0.29, 0.717) is 0 Å². The number of benzene rings is 2. The van der Waals surface area contributed by atoms with Gasteiger partial charge in [0.15, 0.2) is 0 Å². The highest BCUT2D eigenvalue weighted by Crippen LogP contribution is 2.20. The molecule has 0 fully saturated rings. The molecule has 0 atom stereocenters. The maximum atomic E-state index is 5.58. The van der Waals surface area contributed by atoms with Crippen LogP contribution in [0.4, 0.5) is 0 Å². The summed E-state index contributed by atoms with van der Waals surface area (Å²) in [5.74, 6) is 1.74. The van der Waals surface area contributed by atoms with E-state index in [0.717, 1.165) is 11.5 Å². The van der Waals surface area contributed by atoms with Crippen LogP contribution in [0.2, 0.25) is 0 Å². The Morgan fingerprint density at radius 1 is 0.688 bits per heavy atom. The maximum Gasteiger partial charge on any atom is 0.127 e. The van der Waals surface area contributed by atoms with Gasteiger partial charge in [0, 0.05) is 0 Å². The van der Waals surface area contributed by atoms with Gasteiger partial charge in [-0.1, -0.05) is 58.9 Å². The highest BCUT2D eigenvalue weighted by molar-refractivity contribution is 7.90. The molecular weight excluding hydrogens is 262 g/mol. The van der Waals surface area contributed by atoms with Crippen LogP contribution < -0.4 is 4.74 Å². The summed E-state index contributed by atoms with van der Waals surface area (Å²) >= 11 is 9.58. The van der Waals surface area contributed by atoms with Crippen LogP contribution in [0.25, 0.3) is 0 Å². The monoisotopic (exact) mass is 272 g/mol. The lowest BCUT2D eigenvalue weighted by Crippen LogP contribution is -1.81. The first-order valence-electron chi connectivity index (χ1n) is 4.61. The smallest absolute Gasteiger partial charge is 0.127 e. The predicted molar refractivity (Wildman–Crippen MR) is 73.0 cm³/mol. The van der Waals surface area contributed by atoms with Crippen molar-refractivity contribution < 1.29 is 4.74 Å². The largest absolute Gasteiger partial charge is 0.457 e. The molecule has 2 aromatic rings. The van der Waals surface area contributed by atoms with E-state index in [1.54, 1.807) is 0 Å². The molecule has 0 heterocycles. The fourth-order valence-corrected chi connectivity index (χ4v) is 1.11. The standard InChI is InChI=1S/C12H10O.Cl2HP/c1-3-7-11(8-4-1)13-12-9-5-2-6-10-12;1-3-2/h1-10H;3H. The topological polar surface area (TPSA) is 9.23 Å². The Balaban J connectivity index is 0.000000386. The van der Waals surface area contributed by atoms with Gasteiger partial charge in [-0.2, -0.15) is 0 Å². The average molecular weight is 273 g/mol. The van der Waals surface area contributed by atoms with Crippen LogP contribution in [0.3, 0.4) is 0 Å². The van der Waals surface area contributed by atoms with Crippen molar-refractivity contribution in [3.63, 3.8) is 0 Å². The summed E-state index contributed by atoms with van der Waals surface area (Å²) in [6.45, 7) is 0. The molecule has 0 spiro atoms. The molecule has 0 radical (unpaired) electrons. The Bertz CT molecular complexity index is 343. The SMILES string of the molecule is ClPCl.c1ccc(Oc2ccccc2)cc1. The van der Waals surface area contributed by atoms with Crippen molar-refractivity contribution in [2.75, 3.05) is 0 Å². The molecule has 1 nitrogen and oxygen atoms in total. The Morgan fingerprint density at radius 3 is 1.31 bits per heavy atom. The second-order valence-corrected chi connectivity index (χ2v) is 4.66. The van der Waals surface area contributed by atoms with Gasteiger partial charge in [-0.25, -0.2) is 0 Å². The maximum absolute atomic E-state index is 5.58. The van der Waals surface area contributed by atoms with Crippen molar-refractivity contribution in [2.24, 2.45) is 0 Å². The second-order valence-electron chi connectivity index (χ2n) is 2.80. The van der Waals surface area contributed by atoms with Gasteiger partial charge in [0.1, 0.15) is 11.5 Å². The molecule has 0 aliphatic carbocycles. The van der Waals surface area contributed by atoms with E-state index in [4.69, 9.17) is 27.2 Å². The number of halogens is 2. The van der Waals surface area contributed by atoms with Crippen LogP contribution in [-0.4, -0.2) is 0 Å². The third-order valence-corrected chi connectivity index (χ3v) is 1.72. The third-order valence-electron chi connectivity index (χ3n) is 1.72. The van der Waals surface area contributed by atoms with E-state index in [-0.39, 0.29) is 7.29 Å². The first kappa shape index (κ1) is 13.3. The molecular formula is C12H11Cl2OP. The molecule has 0 unspecified atom stereocenters. The van der Waals surface area contributed by atoms with Gasteiger partial charge in [0.25, 0.3) is 0 Å². The van der Waals surface area contributed by atoms with Gasteiger partial charge in [-0.05, 0) is 24.3 Å². The lowest BCUT2D eigenvalue weighted by atomic mass is 10.3. The fourth-order valence-electron chi connectivity index (χ4n) is 1.11. The summed E-state index contributed by atoms with van der Waals surface area (Å²) in [7, 11) is 0.0278. The molecule has 4 heteroatoms. The molecule has 0 aromatic heterocycles. The molecule has 0 saturated carbocycles. The van der Waals surface area contributed by atoms with Gasteiger partial charge in [0.05, 0.1) is 7.29 Å². The number of hydrogen-bond acceptors (Lipinski definition) is 1. The Labute approximate surface area is 107 Å². The molecule has 0 amide bonds. The normalized spacial score (nSPS) is 8.88. The van der Waals surface area contributed by atoms with E-state index >= 15 is 0 Å². The first-order valence-corrected chi connectivity index (χ1v) is 7.63. The zero-order valence-corrected chi connectivity index (χ0v) is 10.9. The Kier molecular flexibility index (Phi) is 7.00. The Hall–Kier alpha value is -0.750. The minimum Gasteiger partial charge on any atom is -0.457 e. The molecule has 16 heavy (non-hydrogen) atoms. The molecule has 0 bridgehead atoms. The minimum absolute atomic E-state index is 0.0278. The van der Waals surface area contributed by atoms with E-state index < -0.39 is 0 Å². The van der Waals surface area contributed by atoms with Crippen LogP contribution in [-0.2, 0) is 0 Å². The van der Waals surface area contributed by atoms with Crippen molar-refractivity contribution >= 4 is 29.8 Å². The lowest BCUT2D eigenvalue weighted by Gasteiger charge is -2.03. The van der Waals surface area contributed by atoms with Crippen molar-refractivity contribution in [3.05, 3.63) is 60.7 Å². The first-order chi connectivity index (χ1) is 7.86. The minimum atomic E-state index is 0.0278. The van der Waals surface area contributed by atoms with E-state index in [1.807, 2.05) is 60.7 Å². The van der Waals surface area contributed by atoms with Crippen molar-refractivity contribution in [1.29, 1.82) is 0 Å². The number of para-hydroxylation sites is 2. The van der Waals surface area contributed by atoms with Crippen LogP contribution >= 0.6 is 29.8 Å². The summed E-state index contributed by atoms with van der Waals surface area (Å²) in [5.41, 5.74) is 0. The molecule has 0 N–H and O–H groups in total. The van der Waals surface area contributed by atoms with Gasteiger partial charge < -0.3 is 4.74 Å². The van der Waals surface area contributed by atoms with Crippen LogP contribution in [0, 0.1) is 0 Å². The van der Waals surface area contributed by atoms with Gasteiger partial charge >= 0.3 is 0 Å². The highest BCUT2D eigenvalue weighted by Gasteiger charge is 1.92. The fraction of sp³-hybridized carbons (Fsp3) is 0. The average Bonchev–Trinajstić information content (AvgIpc) is 2.33. The van der Waals surface area contributed by atoms with Crippen LogP contribution in [0.5, 0.6) is 11.5 Å². The van der Waals surface area contributed by atoms with Crippen LogP contribution in [0.15, 0.2) is 60.7 Å². The molecule has 2 aromatic carbocycles. The number of hydrogen-bond donors (Lipinski definition) is 0. The molecule has 2 rings (SSSR count). The molecule has 0 saturated heterocycles. The molecule has 0 aliphatic rings. The predicted octanol–water partition coefficient (Wildman–Crippen LogP) is 5.45. The van der Waals surface area contributed by atoms with Gasteiger partial charge in [0.2, 0.25) is 0 Å². The summed E-state index contributed by atoms with van der Waals surface area (Å²) in [6, 6.07) is 19.5. The zero-order chi connectivity index (χ0) is 11.6. The van der Waals surface area contributed by atoms with Crippen molar-refractivity contribution in [3.8, 4) is 11.5 Å². The second kappa shape index (κ2) is 8.41. The zero-order valence-electron chi connectivity index (χ0n) is 8.44. The quantitative estimate of drug-likeness (QED) is 0.661. The van der Waals surface area contributed by atoms with Gasteiger partial charge in [-0.3, -0.25) is 0 Å². The van der Waals surface area contributed by atoms with E-state index in [1.165, 1.54) is 0 Å². The number of ether oxygens (including phenoxy) is 1. The summed E-state index contributed by atoms with van der Waals surface area (Å²) in [4.78, 5) is 0. The summed E-state index contributed by atoms with van der Waals surface area (Å²) < 4.78 is 5.58. The van der Waals surface area contributed by atoms with E-state index in [9.17, 15) is 0 Å². The highest BCUT2D eigenvalue weighted by atomic mass is 35.9. The van der Waals surface area contributed by atoms with Crippen molar-refractivity contribution in [2.45, 2.75) is 0 Å². The van der Waals surface area contributed by atoms with Crippen molar-refractivity contribution in [1.82, 2.24) is 0 Å². The van der Waals surface area contributed by atoms with E-state index in [2.05, 4.69) is 0 Å². The molecule has 84 valence electrons. The summed E-state index contributed by atoms with van der Waals surface area (Å²) in [6.07, 6.45) is 0. The van der Waals surface area contributed by atoms with Crippen LogP contribution in [0.1, 0.15) is 0 Å². The third kappa shape index (κ3) is 5.37. The number of rotatable bonds is 2. The Morgan fingerprint density at radius 2 is 1.00 bits per heavy atom. The molecule has 0 aliphatic heterocycles. The van der Waals surface area contributed by atoms with Gasteiger partial charge in [-0.15, -0.1) is 0 Å².